The molecular weight excluding hydrogens is 791 g/mol. The van der Waals surface area contributed by atoms with E-state index in [1.54, 1.807) is 56.7 Å². The molecule has 4 aliphatic rings. The van der Waals surface area contributed by atoms with Gasteiger partial charge in [0.2, 0.25) is 0 Å². The van der Waals surface area contributed by atoms with Gasteiger partial charge in [-0.05, 0) is 87.7 Å². The van der Waals surface area contributed by atoms with Crippen LogP contribution < -0.4 is 11.1 Å². The molecule has 0 saturated heterocycles. The Balaban J connectivity index is 0.000000168. The summed E-state index contributed by atoms with van der Waals surface area (Å²) < 4.78 is 58.5. The summed E-state index contributed by atoms with van der Waals surface area (Å²) >= 11 is 7.06. The van der Waals surface area contributed by atoms with Crippen molar-refractivity contribution >= 4 is 59.0 Å². The van der Waals surface area contributed by atoms with Crippen LogP contribution in [-0.4, -0.2) is 53.8 Å². The van der Waals surface area contributed by atoms with Crippen molar-refractivity contribution in [3.63, 3.8) is 0 Å². The van der Waals surface area contributed by atoms with Crippen LogP contribution in [0.3, 0.4) is 0 Å². The molecule has 10 rings (SSSR count). The van der Waals surface area contributed by atoms with Crippen molar-refractivity contribution in [2.24, 2.45) is 0 Å². The van der Waals surface area contributed by atoms with E-state index in [0.29, 0.717) is 61.4 Å². The monoisotopic (exact) mass is 832 g/mol. The van der Waals surface area contributed by atoms with E-state index >= 15 is 0 Å². The molecule has 0 bridgehead atoms. The number of aromatic nitrogens is 4. The Labute approximate surface area is 343 Å². The number of benzene rings is 2. The number of carbonyl (C=O) groups is 2. The third kappa shape index (κ3) is 6.20. The quantitative estimate of drug-likeness (QED) is 0.116. The fourth-order valence-electron chi connectivity index (χ4n) is 7.53. The van der Waals surface area contributed by atoms with Crippen molar-refractivity contribution in [2.75, 3.05) is 12.5 Å². The fourth-order valence-corrected chi connectivity index (χ4v) is 7.53. The number of halogens is 2. The van der Waals surface area contributed by atoms with E-state index in [4.69, 9.17) is 12.2 Å². The third-order valence-electron chi connectivity index (χ3n) is 10.6. The highest BCUT2D eigenvalue weighted by atomic mass is 32.1. The minimum absolute atomic E-state index is 0.0126. The van der Waals surface area contributed by atoms with Gasteiger partial charge in [0.25, 0.3) is 11.1 Å². The molecule has 4 aromatic heterocycles. The number of esters is 2. The van der Waals surface area contributed by atoms with Gasteiger partial charge in [0.15, 0.2) is 11.2 Å². The first kappa shape index (κ1) is 38.1. The summed E-state index contributed by atoms with van der Waals surface area (Å²) in [5, 5.41) is 21.8. The van der Waals surface area contributed by atoms with Crippen molar-refractivity contribution in [3.8, 4) is 22.8 Å². The summed E-state index contributed by atoms with van der Waals surface area (Å²) in [4.78, 5) is 58.9. The summed E-state index contributed by atoms with van der Waals surface area (Å²) in [7, 11) is 0. The minimum Gasteiger partial charge on any atom is -0.458 e. The standard InChI is InChI=1S/2C20H15FN2O4.2CH4S/c1-9-3-10-4-11-7-23-16(17(11)22-15(10)6-14(9)21)5-13-12(18(23)24)8-27-19(25)20(13,2)26;1-9-3-4-14-11(16(9)21)5-10-7-23-15(17(10)22-14)6-13-12(18(23)24)8-27-19(25)20(13,2)26;2*1-2/h2*3-6,26H,7-8H2,1-2H3;2*2H,1H3/t2*20-;;/m00../s1/i4T;5T;;. The summed E-state index contributed by atoms with van der Waals surface area (Å²) in [6.07, 6.45) is 3.39. The summed E-state index contributed by atoms with van der Waals surface area (Å²) in [5.74, 6) is -2.58. The predicted octanol–water partition coefficient (Wildman–Crippen LogP) is 5.37. The molecule has 300 valence electrons. The topological polar surface area (TPSA) is 163 Å². The van der Waals surface area contributed by atoms with Crippen LogP contribution in [0.1, 0.15) is 61.1 Å². The molecule has 2 N–H and O–H groups in total. The molecule has 0 aliphatic carbocycles. The molecule has 12 nitrogen and oxygen atoms in total. The molecule has 0 fully saturated rings. The third-order valence-corrected chi connectivity index (χ3v) is 10.6. The molecule has 0 saturated carbocycles. The van der Waals surface area contributed by atoms with E-state index in [1.165, 1.54) is 29.0 Å². The van der Waals surface area contributed by atoms with Crippen molar-refractivity contribution in [2.45, 2.75) is 65.2 Å². The molecular formula is C42H38F2N4O8S2. The Hall–Kier alpha value is -5.42. The first-order chi connectivity index (χ1) is 28.4. The van der Waals surface area contributed by atoms with E-state index in [1.807, 2.05) is 0 Å². The Morgan fingerprint density at radius 3 is 1.72 bits per heavy atom. The SMILES string of the molecule is CS.CS.[3H]c1c2c(nc3cc(F)c(C)cc13)-c1cc3c(c(=O)n1C2)COC(=O)[C@@]3(C)O.[3H]c1c2c(nc3ccc(C)c(F)c13)-c1cc3c(c(=O)n1C2)COC(=O)[C@@]3(C)O. The molecule has 2 atom stereocenters. The molecule has 0 amide bonds. The number of carbonyl (C=O) groups excluding carboxylic acids is 2. The lowest BCUT2D eigenvalue weighted by atomic mass is 9.90. The first-order valence-corrected chi connectivity index (χ1v) is 19.6. The van der Waals surface area contributed by atoms with Crippen LogP contribution >= 0.6 is 25.3 Å². The van der Waals surface area contributed by atoms with Crippen LogP contribution in [-0.2, 0) is 56.6 Å². The highest BCUT2D eigenvalue weighted by molar-refractivity contribution is 7.79. The Bertz CT molecular complexity index is 2970. The second-order valence-electron chi connectivity index (χ2n) is 14.3. The molecule has 0 spiro atoms. The Kier molecular flexibility index (Phi) is 9.69. The van der Waals surface area contributed by atoms with E-state index in [-0.39, 0.29) is 66.0 Å². The maximum Gasteiger partial charge on any atom is 0.342 e. The number of hydrogen-bond acceptors (Lipinski definition) is 12. The van der Waals surface area contributed by atoms with Crippen LogP contribution in [0.4, 0.5) is 8.78 Å². The second kappa shape index (κ2) is 14.8. The van der Waals surface area contributed by atoms with Gasteiger partial charge in [-0.3, -0.25) is 9.59 Å². The Morgan fingerprint density at radius 2 is 1.21 bits per heavy atom. The average molecular weight is 833 g/mol. The number of ether oxygens (including phenoxy) is 2. The number of hydrogen-bond donors (Lipinski definition) is 4. The van der Waals surface area contributed by atoms with Crippen molar-refractivity contribution in [1.29, 1.82) is 0 Å². The first-order valence-electron chi connectivity index (χ1n) is 18.8. The summed E-state index contributed by atoms with van der Waals surface area (Å²) in [6.45, 7) is 5.57. The predicted molar refractivity (Wildman–Crippen MR) is 219 cm³/mol. The van der Waals surface area contributed by atoms with Gasteiger partial charge in [-0.15, -0.1) is 0 Å². The molecule has 8 heterocycles. The van der Waals surface area contributed by atoms with E-state index in [0.717, 1.165) is 0 Å². The summed E-state index contributed by atoms with van der Waals surface area (Å²) in [5.41, 5.74) is 0.0374. The van der Waals surface area contributed by atoms with Gasteiger partial charge < -0.3 is 28.8 Å². The molecule has 4 aliphatic heterocycles. The molecule has 0 unspecified atom stereocenters. The van der Waals surface area contributed by atoms with Crippen molar-refractivity contribution in [1.82, 2.24) is 19.1 Å². The number of aliphatic hydroxyl groups is 2. The van der Waals surface area contributed by atoms with Gasteiger partial charge in [-0.2, -0.15) is 25.3 Å². The largest absolute Gasteiger partial charge is 0.458 e. The number of fused-ring (bicyclic) bond motifs is 10. The highest BCUT2D eigenvalue weighted by Gasteiger charge is 2.44. The van der Waals surface area contributed by atoms with E-state index in [9.17, 15) is 38.2 Å². The van der Waals surface area contributed by atoms with E-state index < -0.39 is 45.9 Å². The lowest BCUT2D eigenvalue weighted by molar-refractivity contribution is -0.170. The zero-order chi connectivity index (χ0) is 43.9. The second-order valence-corrected chi connectivity index (χ2v) is 14.3. The fraction of sp³-hybridized carbons (Fsp3) is 0.286. The zero-order valence-electron chi connectivity index (χ0n) is 34.1. The molecule has 58 heavy (non-hydrogen) atoms. The van der Waals surface area contributed by atoms with E-state index in [2.05, 4.69) is 35.2 Å². The van der Waals surface area contributed by atoms with Crippen molar-refractivity contribution in [3.05, 3.63) is 125 Å². The van der Waals surface area contributed by atoms with Gasteiger partial charge in [-0.1, -0.05) is 6.07 Å². The maximum atomic E-state index is 14.6. The smallest absolute Gasteiger partial charge is 0.342 e. The number of thiol groups is 2. The highest BCUT2D eigenvalue weighted by Crippen LogP contribution is 2.39. The summed E-state index contributed by atoms with van der Waals surface area (Å²) in [6, 6.07) is 9.34. The van der Waals surface area contributed by atoms with Gasteiger partial charge in [0.1, 0.15) is 24.8 Å². The van der Waals surface area contributed by atoms with Crippen LogP contribution in [0.25, 0.3) is 44.6 Å². The number of nitrogens with zero attached hydrogens (tertiary/aromatic N) is 4. The van der Waals surface area contributed by atoms with Gasteiger partial charge in [-0.25, -0.2) is 28.3 Å². The van der Waals surface area contributed by atoms with Crippen LogP contribution in [0.15, 0.2) is 58.1 Å². The number of aryl methyl sites for hydroxylation is 2. The lowest BCUT2D eigenvalue weighted by Crippen LogP contribution is -2.42. The van der Waals surface area contributed by atoms with Gasteiger partial charge in [0, 0.05) is 39.1 Å². The molecule has 0 radical (unpaired) electrons. The van der Waals surface area contributed by atoms with Gasteiger partial charge >= 0.3 is 11.9 Å². The van der Waals surface area contributed by atoms with Crippen LogP contribution in [0.2, 0.25) is 0 Å². The average Bonchev–Trinajstić information content (AvgIpc) is 3.79. The molecule has 2 aromatic carbocycles. The van der Waals surface area contributed by atoms with Crippen molar-refractivity contribution < 1.29 is 40.8 Å². The minimum atomic E-state index is -1.95. The lowest BCUT2D eigenvalue weighted by Gasteiger charge is -2.29. The molecule has 16 heteroatoms. The Morgan fingerprint density at radius 1 is 0.724 bits per heavy atom. The van der Waals surface area contributed by atoms with Crippen LogP contribution in [0, 0.1) is 25.5 Å². The van der Waals surface area contributed by atoms with Crippen LogP contribution in [0.5, 0.6) is 0 Å². The number of rotatable bonds is 0. The number of pyridine rings is 4. The number of cyclic esters (lactones) is 2. The zero-order valence-corrected chi connectivity index (χ0v) is 33.9. The normalized spacial score (nSPS) is 19.5. The molecule has 6 aromatic rings. The van der Waals surface area contributed by atoms with Gasteiger partial charge in [0.05, 0.1) is 60.8 Å². The maximum absolute atomic E-state index is 14.6.